The first-order valence-corrected chi connectivity index (χ1v) is 16.0. The Labute approximate surface area is 258 Å². The summed E-state index contributed by atoms with van der Waals surface area (Å²) in [6.07, 6.45) is 5.75. The van der Waals surface area contributed by atoms with E-state index in [9.17, 15) is 19.2 Å². The highest BCUT2D eigenvalue weighted by Crippen LogP contribution is 2.36. The van der Waals surface area contributed by atoms with Gasteiger partial charge in [0.2, 0.25) is 17.6 Å². The lowest BCUT2D eigenvalue weighted by Gasteiger charge is -2.36. The second kappa shape index (κ2) is 13.9. The van der Waals surface area contributed by atoms with Gasteiger partial charge in [-0.1, -0.05) is 31.4 Å². The quantitative estimate of drug-likeness (QED) is 0.379. The Morgan fingerprint density at radius 1 is 1.09 bits per heavy atom. The van der Waals surface area contributed by atoms with Crippen LogP contribution >= 0.6 is 11.3 Å². The van der Waals surface area contributed by atoms with Crippen LogP contribution in [-0.2, 0) is 14.3 Å². The number of methoxy groups -OCH3 is 1. The van der Waals surface area contributed by atoms with Gasteiger partial charge < -0.3 is 19.7 Å². The van der Waals surface area contributed by atoms with Crippen LogP contribution in [0.4, 0.5) is 4.79 Å². The van der Waals surface area contributed by atoms with E-state index in [1.165, 1.54) is 23.3 Å². The Morgan fingerprint density at radius 2 is 1.81 bits per heavy atom. The number of ketones is 1. The summed E-state index contributed by atoms with van der Waals surface area (Å²) < 4.78 is 10.7. The number of benzene rings is 1. The summed E-state index contributed by atoms with van der Waals surface area (Å²) in [5, 5.41) is 5.48. The molecule has 1 N–H and O–H groups in total. The van der Waals surface area contributed by atoms with E-state index in [0.717, 1.165) is 44.9 Å². The summed E-state index contributed by atoms with van der Waals surface area (Å²) >= 11 is 1.38. The molecular weight excluding hydrogens is 568 g/mol. The molecule has 2 aliphatic rings. The van der Waals surface area contributed by atoms with Crippen molar-refractivity contribution in [3.63, 3.8) is 0 Å². The highest BCUT2D eigenvalue weighted by molar-refractivity contribution is 7.10. The molecule has 234 valence electrons. The van der Waals surface area contributed by atoms with Crippen molar-refractivity contribution in [3.05, 3.63) is 45.9 Å². The van der Waals surface area contributed by atoms with Crippen LogP contribution in [0.25, 0.3) is 0 Å². The molecule has 2 heterocycles. The fourth-order valence-corrected chi connectivity index (χ4v) is 6.66. The molecule has 2 aromatic rings. The molecular formula is C32H44N4O6S. The Balaban J connectivity index is 1.51. The Hall–Kier alpha value is -3.47. The Morgan fingerprint density at radius 3 is 2.49 bits per heavy atom. The molecule has 0 bridgehead atoms. The third kappa shape index (κ3) is 7.93. The first-order valence-electron chi connectivity index (χ1n) is 15.1. The summed E-state index contributed by atoms with van der Waals surface area (Å²) in [5.41, 5.74) is 0.131. The number of likely N-dealkylation sites (N-methyl/N-ethyl adjacent to an activating group) is 1. The normalized spacial score (nSPS) is 18.9. The highest BCUT2D eigenvalue weighted by atomic mass is 32.1. The monoisotopic (exact) mass is 612 g/mol. The SMILES string of the molecule is COc1cccc(C(=O)c2csc([C@@H]3CCCN3C(=O)[C@@H](NC(=O)[C@H](C)N(C)C(=O)OC(C)(C)C)C3CCCCC3)n2)c1. The molecule has 2 fully saturated rings. The van der Waals surface area contributed by atoms with Crippen LogP contribution in [-0.4, -0.2) is 76.9 Å². The maximum absolute atomic E-state index is 14.2. The minimum Gasteiger partial charge on any atom is -0.497 e. The third-order valence-corrected chi connectivity index (χ3v) is 9.18. The second-order valence-electron chi connectivity index (χ2n) is 12.5. The van der Waals surface area contributed by atoms with E-state index < -0.39 is 29.7 Å². The summed E-state index contributed by atoms with van der Waals surface area (Å²) in [7, 11) is 3.08. The number of carbonyl (C=O) groups is 4. The van der Waals surface area contributed by atoms with Crippen molar-refractivity contribution in [2.75, 3.05) is 20.7 Å². The molecule has 11 heteroatoms. The van der Waals surface area contributed by atoms with Crippen molar-refractivity contribution < 1.29 is 28.7 Å². The van der Waals surface area contributed by atoms with Crippen LogP contribution in [0.3, 0.4) is 0 Å². The molecule has 10 nitrogen and oxygen atoms in total. The first-order chi connectivity index (χ1) is 20.4. The molecule has 4 rings (SSSR count). The fraction of sp³-hybridized carbons (Fsp3) is 0.594. The van der Waals surface area contributed by atoms with Crippen molar-refractivity contribution >= 4 is 35.0 Å². The van der Waals surface area contributed by atoms with E-state index in [1.807, 2.05) is 4.90 Å². The summed E-state index contributed by atoms with van der Waals surface area (Å²) in [5.74, 6) is -0.129. The minimum absolute atomic E-state index is 0.00646. The van der Waals surface area contributed by atoms with E-state index >= 15 is 0 Å². The van der Waals surface area contributed by atoms with Gasteiger partial charge in [0, 0.05) is 24.5 Å². The van der Waals surface area contributed by atoms with Gasteiger partial charge in [-0.05, 0) is 71.4 Å². The van der Waals surface area contributed by atoms with Crippen molar-refractivity contribution in [2.24, 2.45) is 5.92 Å². The molecule has 3 amide bonds. The van der Waals surface area contributed by atoms with Gasteiger partial charge >= 0.3 is 6.09 Å². The van der Waals surface area contributed by atoms with Crippen molar-refractivity contribution in [3.8, 4) is 5.75 Å². The predicted molar refractivity (Wildman–Crippen MR) is 164 cm³/mol. The van der Waals surface area contributed by atoms with Crippen LogP contribution in [0.1, 0.15) is 99.7 Å². The number of nitrogens with one attached hydrogen (secondary N) is 1. The molecule has 1 aliphatic carbocycles. The highest BCUT2D eigenvalue weighted by Gasteiger charge is 2.41. The van der Waals surface area contributed by atoms with Crippen molar-refractivity contribution in [1.82, 2.24) is 20.1 Å². The van der Waals surface area contributed by atoms with Crippen LogP contribution in [0.2, 0.25) is 0 Å². The first kappa shape index (κ1) is 32.4. The third-order valence-electron chi connectivity index (χ3n) is 8.23. The average molecular weight is 613 g/mol. The summed E-state index contributed by atoms with van der Waals surface area (Å²) in [6.45, 7) is 7.50. The summed E-state index contributed by atoms with van der Waals surface area (Å²) in [4.78, 5) is 61.2. The van der Waals surface area contributed by atoms with E-state index in [-0.39, 0.29) is 23.7 Å². The fourth-order valence-electron chi connectivity index (χ4n) is 5.71. The van der Waals surface area contributed by atoms with Gasteiger partial charge in [-0.25, -0.2) is 9.78 Å². The Kier molecular flexibility index (Phi) is 10.5. The summed E-state index contributed by atoms with van der Waals surface area (Å²) in [6, 6.07) is 5.16. The number of hydrogen-bond donors (Lipinski definition) is 1. The predicted octanol–water partition coefficient (Wildman–Crippen LogP) is 5.37. The molecule has 1 saturated heterocycles. The molecule has 1 aromatic carbocycles. The molecule has 0 radical (unpaired) electrons. The number of aromatic nitrogens is 1. The van der Waals surface area contributed by atoms with Gasteiger partial charge in [0.05, 0.1) is 13.2 Å². The Bertz CT molecular complexity index is 1310. The van der Waals surface area contributed by atoms with Crippen LogP contribution in [0.15, 0.2) is 29.6 Å². The molecule has 1 aromatic heterocycles. The molecule has 43 heavy (non-hydrogen) atoms. The number of rotatable bonds is 9. The van der Waals surface area contributed by atoms with Gasteiger partial charge in [-0.15, -0.1) is 11.3 Å². The second-order valence-corrected chi connectivity index (χ2v) is 13.4. The number of hydrogen-bond acceptors (Lipinski definition) is 8. The van der Waals surface area contributed by atoms with Gasteiger partial charge in [0.15, 0.2) is 0 Å². The smallest absolute Gasteiger partial charge is 0.410 e. The van der Waals surface area contributed by atoms with Gasteiger partial charge in [-0.2, -0.15) is 0 Å². The number of nitrogens with zero attached hydrogens (tertiary/aromatic N) is 3. The van der Waals surface area contributed by atoms with E-state index in [1.54, 1.807) is 64.5 Å². The van der Waals surface area contributed by atoms with Gasteiger partial charge in [0.1, 0.15) is 34.1 Å². The van der Waals surface area contributed by atoms with Crippen molar-refractivity contribution in [1.29, 1.82) is 0 Å². The van der Waals surface area contributed by atoms with Crippen molar-refractivity contribution in [2.45, 2.75) is 96.4 Å². The maximum Gasteiger partial charge on any atom is 0.410 e. The number of likely N-dealkylation sites (tertiary alicyclic amines) is 1. The number of ether oxygens (including phenoxy) is 2. The lowest BCUT2D eigenvalue weighted by atomic mass is 9.83. The molecule has 1 saturated carbocycles. The standard InChI is InChI=1S/C32H44N4O6S/c1-20(35(5)31(40)42-32(2,3)4)28(38)34-26(21-12-8-7-9-13-21)30(39)36-17-11-16-25(36)29-33-24(19-43-29)27(37)22-14-10-15-23(18-22)41-6/h10,14-15,18-21,25-26H,7-9,11-13,16-17H2,1-6H3,(H,34,38)/t20-,25-,26-/m0/s1. The lowest BCUT2D eigenvalue weighted by Crippen LogP contribution is -2.56. The van der Waals surface area contributed by atoms with Gasteiger partial charge in [-0.3, -0.25) is 19.3 Å². The van der Waals surface area contributed by atoms with Crippen LogP contribution in [0.5, 0.6) is 5.75 Å². The molecule has 3 atom stereocenters. The zero-order valence-corrected chi connectivity index (χ0v) is 26.9. The number of amides is 3. The van der Waals surface area contributed by atoms with E-state index in [4.69, 9.17) is 9.47 Å². The van der Waals surface area contributed by atoms with Gasteiger partial charge in [0.25, 0.3) is 0 Å². The largest absolute Gasteiger partial charge is 0.497 e. The molecule has 0 spiro atoms. The number of carbonyl (C=O) groups excluding carboxylic acids is 4. The van der Waals surface area contributed by atoms with E-state index in [2.05, 4.69) is 10.3 Å². The van der Waals surface area contributed by atoms with E-state index in [0.29, 0.717) is 28.6 Å². The zero-order valence-electron chi connectivity index (χ0n) is 26.1. The lowest BCUT2D eigenvalue weighted by molar-refractivity contribution is -0.140. The molecule has 0 unspecified atom stereocenters. The molecule has 1 aliphatic heterocycles. The zero-order chi connectivity index (χ0) is 31.3. The minimum atomic E-state index is -0.827. The maximum atomic E-state index is 14.2. The number of thiazole rings is 1. The average Bonchev–Trinajstić information content (AvgIpc) is 3.68. The van der Waals surface area contributed by atoms with Crippen LogP contribution in [0, 0.1) is 5.92 Å². The van der Waals surface area contributed by atoms with Crippen LogP contribution < -0.4 is 10.1 Å². The topological polar surface area (TPSA) is 118 Å².